The molecule has 0 radical (unpaired) electrons. The van der Waals surface area contributed by atoms with Crippen LogP contribution in [0.4, 0.5) is 5.13 Å². The Labute approximate surface area is 175 Å². The number of thiophene rings is 1. The number of rotatable bonds is 4. The van der Waals surface area contributed by atoms with Gasteiger partial charge in [-0.15, -0.1) is 22.7 Å². The minimum atomic E-state index is 0.0926. The molecule has 1 aromatic carbocycles. The van der Waals surface area contributed by atoms with E-state index in [1.165, 1.54) is 4.88 Å². The SMILES string of the molecule is Clc1ccc(-c2csc(N3N=C(c4cccs4)C[C@H]3c3cccnc3)n2)cc1. The Hall–Kier alpha value is -2.54. The Morgan fingerprint density at radius 3 is 2.68 bits per heavy atom. The normalized spacial score (nSPS) is 16.4. The molecule has 4 aromatic rings. The number of anilines is 1. The van der Waals surface area contributed by atoms with E-state index in [2.05, 4.69) is 33.9 Å². The second-order valence-electron chi connectivity index (χ2n) is 6.40. The van der Waals surface area contributed by atoms with Crippen molar-refractivity contribution in [2.75, 3.05) is 5.01 Å². The van der Waals surface area contributed by atoms with E-state index in [0.717, 1.165) is 39.1 Å². The van der Waals surface area contributed by atoms with Gasteiger partial charge in [-0.1, -0.05) is 35.9 Å². The molecule has 5 rings (SSSR count). The third-order valence-corrected chi connectivity index (χ3v) is 6.61. The third-order valence-electron chi connectivity index (χ3n) is 4.61. The van der Waals surface area contributed by atoms with Gasteiger partial charge in [-0.05, 0) is 35.2 Å². The summed E-state index contributed by atoms with van der Waals surface area (Å²) in [6.07, 6.45) is 4.55. The number of hydrogen-bond donors (Lipinski definition) is 0. The standard InChI is InChI=1S/C21H15ClN4S2/c22-16-7-5-14(6-8-16)18-13-28-21(24-18)26-19(15-3-1-9-23-12-15)11-17(25-26)20-4-2-10-27-20/h1-10,12-13,19H,11H2/t19-/m0/s1. The van der Waals surface area contributed by atoms with E-state index in [1.807, 2.05) is 41.5 Å². The lowest BCUT2D eigenvalue weighted by molar-refractivity contribution is 0.703. The Bertz CT molecular complexity index is 1110. The second-order valence-corrected chi connectivity index (χ2v) is 8.62. The largest absolute Gasteiger partial charge is 0.264 e. The highest BCUT2D eigenvalue weighted by Crippen LogP contribution is 2.39. The maximum atomic E-state index is 6.01. The quantitative estimate of drug-likeness (QED) is 0.389. The van der Waals surface area contributed by atoms with E-state index in [-0.39, 0.29) is 6.04 Å². The molecule has 0 aliphatic carbocycles. The van der Waals surface area contributed by atoms with Crippen LogP contribution < -0.4 is 5.01 Å². The van der Waals surface area contributed by atoms with E-state index in [1.54, 1.807) is 28.9 Å². The molecule has 4 nitrogen and oxygen atoms in total. The van der Waals surface area contributed by atoms with Gasteiger partial charge in [0.1, 0.15) is 0 Å². The minimum absolute atomic E-state index is 0.0926. The number of halogens is 1. The predicted octanol–water partition coefficient (Wildman–Crippen LogP) is 6.28. The summed E-state index contributed by atoms with van der Waals surface area (Å²) in [6.45, 7) is 0. The van der Waals surface area contributed by atoms with Crippen molar-refractivity contribution in [1.82, 2.24) is 9.97 Å². The van der Waals surface area contributed by atoms with Crippen LogP contribution in [-0.2, 0) is 0 Å². The first-order chi connectivity index (χ1) is 13.8. The summed E-state index contributed by atoms with van der Waals surface area (Å²) in [5.74, 6) is 0. The van der Waals surface area contributed by atoms with Gasteiger partial charge in [0.15, 0.2) is 0 Å². The van der Waals surface area contributed by atoms with Crippen molar-refractivity contribution in [3.8, 4) is 11.3 Å². The fourth-order valence-electron chi connectivity index (χ4n) is 3.23. The number of hydrogen-bond acceptors (Lipinski definition) is 6. The molecule has 1 aliphatic rings. The molecule has 1 atom stereocenters. The number of pyridine rings is 1. The van der Waals surface area contributed by atoms with Crippen molar-refractivity contribution in [3.05, 3.63) is 87.1 Å². The summed E-state index contributed by atoms with van der Waals surface area (Å²) in [5, 5.41) is 12.7. The molecule has 0 spiro atoms. The molecule has 28 heavy (non-hydrogen) atoms. The molecule has 0 saturated carbocycles. The van der Waals surface area contributed by atoms with Gasteiger partial charge in [-0.3, -0.25) is 4.98 Å². The van der Waals surface area contributed by atoms with Gasteiger partial charge >= 0.3 is 0 Å². The predicted molar refractivity (Wildman–Crippen MR) is 117 cm³/mol. The van der Waals surface area contributed by atoms with Crippen molar-refractivity contribution in [2.45, 2.75) is 12.5 Å². The van der Waals surface area contributed by atoms with Crippen LogP contribution in [0.5, 0.6) is 0 Å². The first-order valence-electron chi connectivity index (χ1n) is 8.80. The number of aromatic nitrogens is 2. The van der Waals surface area contributed by atoms with Crippen LogP contribution in [0, 0.1) is 0 Å². The van der Waals surface area contributed by atoms with Gasteiger partial charge in [0, 0.05) is 34.8 Å². The Morgan fingerprint density at radius 2 is 1.93 bits per heavy atom. The fraction of sp³-hybridized carbons (Fsp3) is 0.0952. The molecule has 0 bridgehead atoms. The molecule has 0 saturated heterocycles. The molecule has 1 aliphatic heterocycles. The van der Waals surface area contributed by atoms with Crippen molar-refractivity contribution >= 4 is 45.1 Å². The molecule has 0 amide bonds. The van der Waals surface area contributed by atoms with Crippen LogP contribution in [-0.4, -0.2) is 15.7 Å². The lowest BCUT2D eigenvalue weighted by Crippen LogP contribution is -2.18. The van der Waals surface area contributed by atoms with Crippen LogP contribution in [0.25, 0.3) is 11.3 Å². The summed E-state index contributed by atoms with van der Waals surface area (Å²) in [6, 6.07) is 16.1. The highest BCUT2D eigenvalue weighted by molar-refractivity contribution is 7.14. The number of thiazole rings is 1. The molecular formula is C21H15ClN4S2. The topological polar surface area (TPSA) is 41.4 Å². The molecule has 0 fully saturated rings. The zero-order valence-corrected chi connectivity index (χ0v) is 17.1. The van der Waals surface area contributed by atoms with Gasteiger partial charge in [-0.25, -0.2) is 9.99 Å². The minimum Gasteiger partial charge on any atom is -0.264 e. The van der Waals surface area contributed by atoms with Crippen LogP contribution in [0.2, 0.25) is 5.02 Å². The van der Waals surface area contributed by atoms with Gasteiger partial charge in [0.05, 0.1) is 22.3 Å². The first-order valence-corrected chi connectivity index (χ1v) is 10.9. The van der Waals surface area contributed by atoms with Crippen molar-refractivity contribution < 1.29 is 0 Å². The maximum absolute atomic E-state index is 6.01. The van der Waals surface area contributed by atoms with Crippen molar-refractivity contribution in [1.29, 1.82) is 0 Å². The number of nitrogens with zero attached hydrogens (tertiary/aromatic N) is 4. The molecule has 7 heteroatoms. The zero-order chi connectivity index (χ0) is 18.9. The van der Waals surface area contributed by atoms with E-state index >= 15 is 0 Å². The summed E-state index contributed by atoms with van der Waals surface area (Å²) in [5.41, 5.74) is 4.21. The monoisotopic (exact) mass is 422 g/mol. The van der Waals surface area contributed by atoms with E-state index in [0.29, 0.717) is 0 Å². The average Bonchev–Trinajstić information content (AvgIpc) is 3.48. The van der Waals surface area contributed by atoms with Crippen LogP contribution in [0.3, 0.4) is 0 Å². The summed E-state index contributed by atoms with van der Waals surface area (Å²) in [4.78, 5) is 10.4. The Morgan fingerprint density at radius 1 is 1.04 bits per heavy atom. The van der Waals surface area contributed by atoms with Crippen LogP contribution >= 0.6 is 34.3 Å². The van der Waals surface area contributed by atoms with Crippen molar-refractivity contribution in [2.24, 2.45) is 5.10 Å². The fourth-order valence-corrected chi connectivity index (χ4v) is 4.91. The maximum Gasteiger partial charge on any atom is 0.207 e. The molecular weight excluding hydrogens is 408 g/mol. The summed E-state index contributed by atoms with van der Waals surface area (Å²) >= 11 is 9.33. The zero-order valence-electron chi connectivity index (χ0n) is 14.7. The average molecular weight is 423 g/mol. The Balaban J connectivity index is 1.52. The van der Waals surface area contributed by atoms with Gasteiger partial charge in [-0.2, -0.15) is 5.10 Å². The van der Waals surface area contributed by atoms with E-state index in [9.17, 15) is 0 Å². The number of benzene rings is 1. The van der Waals surface area contributed by atoms with Crippen LogP contribution in [0.15, 0.2) is 76.8 Å². The van der Waals surface area contributed by atoms with Crippen LogP contribution in [0.1, 0.15) is 22.9 Å². The molecule has 0 unspecified atom stereocenters. The van der Waals surface area contributed by atoms with Gasteiger partial charge in [0.25, 0.3) is 0 Å². The van der Waals surface area contributed by atoms with Gasteiger partial charge < -0.3 is 0 Å². The molecule has 4 heterocycles. The molecule has 3 aromatic heterocycles. The van der Waals surface area contributed by atoms with Gasteiger partial charge in [0.2, 0.25) is 5.13 Å². The summed E-state index contributed by atoms with van der Waals surface area (Å²) in [7, 11) is 0. The lowest BCUT2D eigenvalue weighted by Gasteiger charge is -2.20. The Kier molecular flexibility index (Phi) is 4.68. The summed E-state index contributed by atoms with van der Waals surface area (Å²) < 4.78 is 0. The third kappa shape index (κ3) is 3.35. The lowest BCUT2D eigenvalue weighted by atomic mass is 10.0. The smallest absolute Gasteiger partial charge is 0.207 e. The highest BCUT2D eigenvalue weighted by atomic mass is 35.5. The van der Waals surface area contributed by atoms with E-state index in [4.69, 9.17) is 21.7 Å². The number of hydrazone groups is 1. The second kappa shape index (κ2) is 7.47. The molecule has 0 N–H and O–H groups in total. The van der Waals surface area contributed by atoms with E-state index < -0.39 is 0 Å². The van der Waals surface area contributed by atoms with Crippen molar-refractivity contribution in [3.63, 3.8) is 0 Å². The molecule has 138 valence electrons. The first kappa shape index (κ1) is 17.6. The highest BCUT2D eigenvalue weighted by Gasteiger charge is 2.32.